The van der Waals surface area contributed by atoms with Gasteiger partial charge in [-0.1, -0.05) is 48.1 Å². The predicted molar refractivity (Wildman–Crippen MR) is 92.4 cm³/mol. The van der Waals surface area contributed by atoms with Gasteiger partial charge in [0.1, 0.15) is 4.99 Å². The van der Waals surface area contributed by atoms with Crippen molar-refractivity contribution in [3.8, 4) is 0 Å². The lowest BCUT2D eigenvalue weighted by Crippen LogP contribution is -2.12. The molecule has 1 heterocycles. The van der Waals surface area contributed by atoms with Gasteiger partial charge in [0.2, 0.25) is 0 Å². The fraction of sp³-hybridized carbons (Fsp3) is 0. The second-order valence-corrected chi connectivity index (χ2v) is 5.38. The van der Waals surface area contributed by atoms with Gasteiger partial charge in [-0.25, -0.2) is 0 Å². The number of aromatic nitrogens is 1. The van der Waals surface area contributed by atoms with E-state index in [1.807, 2.05) is 42.5 Å². The molecule has 0 radical (unpaired) electrons. The van der Waals surface area contributed by atoms with Crippen molar-refractivity contribution in [3.63, 3.8) is 0 Å². The molecule has 0 aliphatic rings. The summed E-state index contributed by atoms with van der Waals surface area (Å²) in [5, 5.41) is 4.91. The van der Waals surface area contributed by atoms with Crippen molar-refractivity contribution in [2.45, 2.75) is 0 Å². The monoisotopic (exact) mass is 313 g/mol. The number of thiocarbonyl (C=S) groups is 1. The smallest absolute Gasteiger partial charge is 0.107 e. The molecule has 2 aromatic carbocycles. The number of para-hydroxylation sites is 1. The SMILES string of the molecule is NC(=S)c1c(Cl)cccc1Nc1cccc2cccnc12. The third kappa shape index (κ3) is 2.68. The fourth-order valence-corrected chi connectivity index (χ4v) is 2.78. The highest BCUT2D eigenvalue weighted by Gasteiger charge is 2.11. The Kier molecular flexibility index (Phi) is 3.73. The van der Waals surface area contributed by atoms with Crippen LogP contribution in [-0.4, -0.2) is 9.97 Å². The lowest BCUT2D eigenvalue weighted by atomic mass is 10.1. The summed E-state index contributed by atoms with van der Waals surface area (Å²) in [6.45, 7) is 0. The molecule has 0 unspecified atom stereocenters. The number of hydrogen-bond acceptors (Lipinski definition) is 3. The molecule has 0 aliphatic heterocycles. The minimum atomic E-state index is 0.260. The van der Waals surface area contributed by atoms with E-state index in [2.05, 4.69) is 10.3 Å². The summed E-state index contributed by atoms with van der Waals surface area (Å²) in [6, 6.07) is 15.4. The van der Waals surface area contributed by atoms with Crippen LogP contribution in [0.25, 0.3) is 10.9 Å². The third-order valence-corrected chi connectivity index (χ3v) is 3.68. The highest BCUT2D eigenvalue weighted by Crippen LogP contribution is 2.29. The van der Waals surface area contributed by atoms with E-state index in [0.29, 0.717) is 10.6 Å². The molecule has 0 bridgehead atoms. The van der Waals surface area contributed by atoms with Crippen LogP contribution >= 0.6 is 23.8 Å². The lowest BCUT2D eigenvalue weighted by Gasteiger charge is -2.13. The van der Waals surface area contributed by atoms with E-state index in [1.54, 1.807) is 12.3 Å². The molecule has 0 amide bonds. The highest BCUT2D eigenvalue weighted by molar-refractivity contribution is 7.80. The van der Waals surface area contributed by atoms with Gasteiger partial charge in [0.05, 0.1) is 27.5 Å². The summed E-state index contributed by atoms with van der Waals surface area (Å²) >= 11 is 11.3. The molecule has 0 spiro atoms. The van der Waals surface area contributed by atoms with Gasteiger partial charge in [0.25, 0.3) is 0 Å². The minimum absolute atomic E-state index is 0.260. The standard InChI is InChI=1S/C16H12ClN3S/c17-11-6-2-7-12(14(11)16(18)21)20-13-8-1-4-10-5-3-9-19-15(10)13/h1-9,20H,(H2,18,21). The number of benzene rings is 2. The van der Waals surface area contributed by atoms with Crippen LogP contribution in [0.3, 0.4) is 0 Å². The molecule has 3 N–H and O–H groups in total. The Hall–Kier alpha value is -2.17. The van der Waals surface area contributed by atoms with Gasteiger partial charge < -0.3 is 11.1 Å². The molecule has 21 heavy (non-hydrogen) atoms. The largest absolute Gasteiger partial charge is 0.389 e. The molecule has 3 rings (SSSR count). The Morgan fingerprint density at radius 3 is 2.57 bits per heavy atom. The Bertz CT molecular complexity index is 827. The maximum absolute atomic E-state index is 6.19. The summed E-state index contributed by atoms with van der Waals surface area (Å²) in [6.07, 6.45) is 1.76. The van der Waals surface area contributed by atoms with E-state index in [4.69, 9.17) is 29.6 Å². The fourth-order valence-electron chi connectivity index (χ4n) is 2.23. The molecule has 5 heteroatoms. The summed E-state index contributed by atoms with van der Waals surface area (Å²) < 4.78 is 0. The van der Waals surface area contributed by atoms with Gasteiger partial charge in [0.15, 0.2) is 0 Å². The van der Waals surface area contributed by atoms with Gasteiger partial charge in [0, 0.05) is 11.6 Å². The van der Waals surface area contributed by atoms with Gasteiger partial charge in [-0.15, -0.1) is 0 Å². The minimum Gasteiger partial charge on any atom is -0.389 e. The first-order chi connectivity index (χ1) is 10.2. The number of hydrogen-bond donors (Lipinski definition) is 2. The van der Waals surface area contributed by atoms with Crippen molar-refractivity contribution in [2.75, 3.05) is 5.32 Å². The van der Waals surface area contributed by atoms with Gasteiger partial charge in [-0.05, 0) is 24.3 Å². The topological polar surface area (TPSA) is 50.9 Å². The molecule has 3 aromatic rings. The molecule has 3 nitrogen and oxygen atoms in total. The van der Waals surface area contributed by atoms with E-state index in [9.17, 15) is 0 Å². The zero-order valence-electron chi connectivity index (χ0n) is 11.0. The first-order valence-electron chi connectivity index (χ1n) is 6.36. The summed E-state index contributed by atoms with van der Waals surface area (Å²) in [5.74, 6) is 0. The highest BCUT2D eigenvalue weighted by atomic mass is 35.5. The van der Waals surface area contributed by atoms with Crippen molar-refractivity contribution in [1.29, 1.82) is 0 Å². The normalized spacial score (nSPS) is 10.5. The van der Waals surface area contributed by atoms with E-state index < -0.39 is 0 Å². The third-order valence-electron chi connectivity index (χ3n) is 3.16. The number of nitrogens with one attached hydrogen (secondary N) is 1. The molecule has 0 atom stereocenters. The molecule has 104 valence electrons. The second kappa shape index (κ2) is 5.68. The average molecular weight is 314 g/mol. The quantitative estimate of drug-likeness (QED) is 0.709. The number of pyridine rings is 1. The van der Waals surface area contributed by atoms with E-state index in [-0.39, 0.29) is 4.99 Å². The number of anilines is 2. The Morgan fingerprint density at radius 1 is 1.05 bits per heavy atom. The van der Waals surface area contributed by atoms with Gasteiger partial charge >= 0.3 is 0 Å². The summed E-state index contributed by atoms with van der Waals surface area (Å²) in [4.78, 5) is 4.68. The van der Waals surface area contributed by atoms with Crippen LogP contribution in [-0.2, 0) is 0 Å². The van der Waals surface area contributed by atoms with Crippen molar-refractivity contribution in [2.24, 2.45) is 5.73 Å². The van der Waals surface area contributed by atoms with Crippen LogP contribution in [0.15, 0.2) is 54.7 Å². The van der Waals surface area contributed by atoms with Crippen LogP contribution in [0.1, 0.15) is 5.56 Å². The summed E-state index contributed by atoms with van der Waals surface area (Å²) in [7, 11) is 0. The molecular formula is C16H12ClN3S. The number of nitrogens with zero attached hydrogens (tertiary/aromatic N) is 1. The van der Waals surface area contributed by atoms with Crippen LogP contribution in [0.4, 0.5) is 11.4 Å². The molecule has 0 aliphatic carbocycles. The number of nitrogens with two attached hydrogens (primary N) is 1. The number of fused-ring (bicyclic) bond motifs is 1. The first kappa shape index (κ1) is 13.8. The molecule has 0 saturated heterocycles. The van der Waals surface area contributed by atoms with Crippen molar-refractivity contribution < 1.29 is 0 Å². The van der Waals surface area contributed by atoms with E-state index in [1.165, 1.54) is 0 Å². The first-order valence-corrected chi connectivity index (χ1v) is 7.14. The van der Waals surface area contributed by atoms with E-state index in [0.717, 1.165) is 22.3 Å². The van der Waals surface area contributed by atoms with Crippen LogP contribution in [0.2, 0.25) is 5.02 Å². The lowest BCUT2D eigenvalue weighted by molar-refractivity contribution is 1.40. The maximum Gasteiger partial charge on any atom is 0.107 e. The molecule has 1 aromatic heterocycles. The molecular weight excluding hydrogens is 302 g/mol. The van der Waals surface area contributed by atoms with Gasteiger partial charge in [-0.3, -0.25) is 4.98 Å². The Balaban J connectivity index is 2.12. The predicted octanol–water partition coefficient (Wildman–Crippen LogP) is 4.27. The number of halogens is 1. The van der Waals surface area contributed by atoms with Crippen LogP contribution < -0.4 is 11.1 Å². The second-order valence-electron chi connectivity index (χ2n) is 4.53. The summed E-state index contributed by atoms with van der Waals surface area (Å²) in [5.41, 5.74) is 8.95. The van der Waals surface area contributed by atoms with Crippen molar-refractivity contribution in [1.82, 2.24) is 4.98 Å². The zero-order chi connectivity index (χ0) is 14.8. The number of rotatable bonds is 3. The zero-order valence-corrected chi connectivity index (χ0v) is 12.6. The average Bonchev–Trinajstić information content (AvgIpc) is 2.47. The Labute approximate surface area is 132 Å². The molecule has 0 saturated carbocycles. The van der Waals surface area contributed by atoms with Crippen LogP contribution in [0.5, 0.6) is 0 Å². The van der Waals surface area contributed by atoms with Crippen LogP contribution in [0, 0.1) is 0 Å². The van der Waals surface area contributed by atoms with E-state index >= 15 is 0 Å². The van der Waals surface area contributed by atoms with Gasteiger partial charge in [-0.2, -0.15) is 0 Å². The van der Waals surface area contributed by atoms with Crippen molar-refractivity contribution in [3.05, 3.63) is 65.3 Å². The van der Waals surface area contributed by atoms with Crippen molar-refractivity contribution >= 4 is 51.1 Å². The molecule has 0 fully saturated rings. The Morgan fingerprint density at radius 2 is 1.76 bits per heavy atom. The maximum atomic E-state index is 6.19.